The first-order chi connectivity index (χ1) is 8.72. The molecule has 18 heavy (non-hydrogen) atoms. The largest absolute Gasteiger partial charge is 0.330 e. The zero-order chi connectivity index (χ0) is 13.0. The molecule has 1 aromatic rings. The van der Waals surface area contributed by atoms with E-state index in [9.17, 15) is 4.39 Å². The van der Waals surface area contributed by atoms with E-state index >= 15 is 0 Å². The summed E-state index contributed by atoms with van der Waals surface area (Å²) in [7, 11) is 0. The number of nitrogens with zero attached hydrogens (tertiary/aromatic N) is 1. The number of nitrogens with two attached hydrogens (primary N) is 1. The molecule has 1 aliphatic heterocycles. The monoisotopic (exact) mass is 250 g/mol. The van der Waals surface area contributed by atoms with Gasteiger partial charge in [0.25, 0.3) is 0 Å². The molecular weight excluding hydrogens is 227 g/mol. The molecule has 0 aliphatic carbocycles. The van der Waals surface area contributed by atoms with Crippen molar-refractivity contribution in [3.8, 4) is 0 Å². The summed E-state index contributed by atoms with van der Waals surface area (Å²) in [4.78, 5) is 2.49. The summed E-state index contributed by atoms with van der Waals surface area (Å²) in [6.07, 6.45) is 4.79. The molecule has 1 saturated heterocycles. The Balaban J connectivity index is 2.12. The first kappa shape index (κ1) is 13.5. The van der Waals surface area contributed by atoms with E-state index in [0.717, 1.165) is 25.1 Å². The van der Waals surface area contributed by atoms with Crippen molar-refractivity contribution in [1.29, 1.82) is 0 Å². The molecule has 0 bridgehead atoms. The van der Waals surface area contributed by atoms with Crippen molar-refractivity contribution >= 4 is 0 Å². The highest BCUT2D eigenvalue weighted by molar-refractivity contribution is 5.20. The molecule has 1 heterocycles. The number of piperidine rings is 1. The van der Waals surface area contributed by atoms with Gasteiger partial charge in [-0.2, -0.15) is 0 Å². The Hall–Kier alpha value is -0.930. The molecule has 0 aromatic heterocycles. The number of halogens is 1. The quantitative estimate of drug-likeness (QED) is 0.889. The molecule has 3 heteroatoms. The molecule has 2 atom stereocenters. The van der Waals surface area contributed by atoms with Crippen LogP contribution < -0.4 is 5.73 Å². The minimum atomic E-state index is -0.147. The van der Waals surface area contributed by atoms with E-state index < -0.39 is 0 Å². The van der Waals surface area contributed by atoms with Gasteiger partial charge in [-0.05, 0) is 57.0 Å². The van der Waals surface area contributed by atoms with Crippen LogP contribution in [0.3, 0.4) is 0 Å². The van der Waals surface area contributed by atoms with E-state index in [4.69, 9.17) is 5.73 Å². The van der Waals surface area contributed by atoms with Crippen LogP contribution in [0.4, 0.5) is 4.39 Å². The summed E-state index contributed by atoms with van der Waals surface area (Å²) in [5, 5.41) is 0. The third kappa shape index (κ3) is 3.09. The summed E-state index contributed by atoms with van der Waals surface area (Å²) < 4.78 is 13.3. The van der Waals surface area contributed by atoms with Gasteiger partial charge in [0.1, 0.15) is 5.82 Å². The zero-order valence-corrected chi connectivity index (χ0v) is 11.1. The number of hydrogen-bond donors (Lipinski definition) is 1. The fourth-order valence-corrected chi connectivity index (χ4v) is 2.99. The van der Waals surface area contributed by atoms with Crippen LogP contribution in [0.1, 0.15) is 44.2 Å². The molecule has 0 spiro atoms. The Bertz CT molecular complexity index is 379. The lowest BCUT2D eigenvalue weighted by molar-refractivity contribution is 0.0982. The van der Waals surface area contributed by atoms with E-state index in [1.807, 2.05) is 6.07 Å². The standard InChI is InChI=1S/C15H23FN2/c1-12(13-5-4-6-14(16)11-13)18-10-3-2-7-15(18)8-9-17/h4-6,11-12,15H,2-3,7-10,17H2,1H3. The van der Waals surface area contributed by atoms with Crippen LogP contribution in [0.2, 0.25) is 0 Å². The Kier molecular flexibility index (Phi) is 4.72. The first-order valence-corrected chi connectivity index (χ1v) is 6.93. The predicted octanol–water partition coefficient (Wildman–Crippen LogP) is 3.09. The van der Waals surface area contributed by atoms with Crippen molar-refractivity contribution in [1.82, 2.24) is 4.90 Å². The molecule has 2 unspecified atom stereocenters. The van der Waals surface area contributed by atoms with E-state index in [1.54, 1.807) is 12.1 Å². The van der Waals surface area contributed by atoms with Crippen molar-refractivity contribution in [2.45, 2.75) is 44.7 Å². The summed E-state index contributed by atoms with van der Waals surface area (Å²) in [6, 6.07) is 7.80. The van der Waals surface area contributed by atoms with Crippen molar-refractivity contribution in [2.75, 3.05) is 13.1 Å². The average molecular weight is 250 g/mol. The Labute approximate surface area is 109 Å². The van der Waals surface area contributed by atoms with Gasteiger partial charge in [-0.15, -0.1) is 0 Å². The minimum Gasteiger partial charge on any atom is -0.330 e. The lowest BCUT2D eigenvalue weighted by atomic mass is 9.95. The van der Waals surface area contributed by atoms with Gasteiger partial charge in [-0.3, -0.25) is 4.90 Å². The maximum atomic E-state index is 13.3. The molecule has 2 nitrogen and oxygen atoms in total. The van der Waals surface area contributed by atoms with Gasteiger partial charge in [-0.1, -0.05) is 18.6 Å². The van der Waals surface area contributed by atoms with Crippen molar-refractivity contribution < 1.29 is 4.39 Å². The molecule has 0 amide bonds. The van der Waals surface area contributed by atoms with Gasteiger partial charge in [0.2, 0.25) is 0 Å². The zero-order valence-electron chi connectivity index (χ0n) is 11.1. The van der Waals surface area contributed by atoms with Gasteiger partial charge < -0.3 is 5.73 Å². The third-order valence-corrected chi connectivity index (χ3v) is 4.00. The molecule has 1 aliphatic rings. The highest BCUT2D eigenvalue weighted by Crippen LogP contribution is 2.29. The summed E-state index contributed by atoms with van der Waals surface area (Å²) >= 11 is 0. The molecule has 1 aromatic carbocycles. The van der Waals surface area contributed by atoms with Crippen LogP contribution >= 0.6 is 0 Å². The van der Waals surface area contributed by atoms with Crippen LogP contribution in [0.5, 0.6) is 0 Å². The lowest BCUT2D eigenvalue weighted by Gasteiger charge is -2.40. The van der Waals surface area contributed by atoms with Crippen LogP contribution in [-0.2, 0) is 0 Å². The van der Waals surface area contributed by atoms with Crippen LogP contribution in [0.15, 0.2) is 24.3 Å². The summed E-state index contributed by atoms with van der Waals surface area (Å²) in [5.41, 5.74) is 6.77. The second-order valence-electron chi connectivity index (χ2n) is 5.20. The Morgan fingerprint density at radius 3 is 3.00 bits per heavy atom. The SMILES string of the molecule is CC(c1cccc(F)c1)N1CCCCC1CCN. The number of hydrogen-bond acceptors (Lipinski definition) is 2. The molecule has 0 saturated carbocycles. The van der Waals surface area contributed by atoms with Crippen LogP contribution in [-0.4, -0.2) is 24.0 Å². The van der Waals surface area contributed by atoms with E-state index in [1.165, 1.54) is 25.3 Å². The van der Waals surface area contributed by atoms with Crippen LogP contribution in [0, 0.1) is 5.82 Å². The topological polar surface area (TPSA) is 29.3 Å². The maximum absolute atomic E-state index is 13.3. The first-order valence-electron chi connectivity index (χ1n) is 6.93. The van der Waals surface area contributed by atoms with Gasteiger partial charge in [-0.25, -0.2) is 4.39 Å². The third-order valence-electron chi connectivity index (χ3n) is 4.00. The van der Waals surface area contributed by atoms with Crippen molar-refractivity contribution in [3.63, 3.8) is 0 Å². The molecule has 0 radical (unpaired) electrons. The van der Waals surface area contributed by atoms with Crippen LogP contribution in [0.25, 0.3) is 0 Å². The average Bonchev–Trinajstić information content (AvgIpc) is 2.39. The second-order valence-corrected chi connectivity index (χ2v) is 5.20. The van der Waals surface area contributed by atoms with Crippen molar-refractivity contribution in [2.24, 2.45) is 5.73 Å². The molecular formula is C15H23FN2. The summed E-state index contributed by atoms with van der Waals surface area (Å²) in [5.74, 6) is -0.147. The number of benzene rings is 1. The van der Waals surface area contributed by atoms with E-state index in [-0.39, 0.29) is 11.9 Å². The fraction of sp³-hybridized carbons (Fsp3) is 0.600. The second kappa shape index (κ2) is 6.30. The lowest BCUT2D eigenvalue weighted by Crippen LogP contribution is -2.42. The summed E-state index contributed by atoms with van der Waals surface area (Å²) in [6.45, 7) is 4.00. The molecule has 2 rings (SSSR count). The Morgan fingerprint density at radius 1 is 1.44 bits per heavy atom. The van der Waals surface area contributed by atoms with Gasteiger partial charge in [0.05, 0.1) is 0 Å². The van der Waals surface area contributed by atoms with E-state index in [2.05, 4.69) is 11.8 Å². The highest BCUT2D eigenvalue weighted by Gasteiger charge is 2.26. The Morgan fingerprint density at radius 2 is 2.28 bits per heavy atom. The smallest absolute Gasteiger partial charge is 0.123 e. The molecule has 1 fully saturated rings. The molecule has 2 N–H and O–H groups in total. The highest BCUT2D eigenvalue weighted by atomic mass is 19.1. The maximum Gasteiger partial charge on any atom is 0.123 e. The molecule has 100 valence electrons. The van der Waals surface area contributed by atoms with Gasteiger partial charge in [0, 0.05) is 12.1 Å². The van der Waals surface area contributed by atoms with Gasteiger partial charge in [0.15, 0.2) is 0 Å². The van der Waals surface area contributed by atoms with Gasteiger partial charge >= 0.3 is 0 Å². The minimum absolute atomic E-state index is 0.147. The predicted molar refractivity (Wildman–Crippen MR) is 72.8 cm³/mol. The normalized spacial score (nSPS) is 22.9. The number of likely N-dealkylation sites (tertiary alicyclic amines) is 1. The van der Waals surface area contributed by atoms with E-state index in [0.29, 0.717) is 6.04 Å². The van der Waals surface area contributed by atoms with Crippen molar-refractivity contribution in [3.05, 3.63) is 35.6 Å². The number of rotatable bonds is 4. The fourth-order valence-electron chi connectivity index (χ4n) is 2.99.